The predicted molar refractivity (Wildman–Crippen MR) is 109 cm³/mol. The lowest BCUT2D eigenvalue weighted by Crippen LogP contribution is -2.08. The molecule has 1 aromatic carbocycles. The number of hydrogen-bond acceptors (Lipinski definition) is 7. The monoisotopic (exact) mass is 417 g/mol. The van der Waals surface area contributed by atoms with Crippen LogP contribution in [0.15, 0.2) is 36.7 Å². The van der Waals surface area contributed by atoms with E-state index in [4.69, 9.17) is 9.47 Å². The van der Waals surface area contributed by atoms with Crippen molar-refractivity contribution in [2.45, 2.75) is 13.3 Å². The fourth-order valence-electron chi connectivity index (χ4n) is 2.79. The van der Waals surface area contributed by atoms with E-state index >= 15 is 0 Å². The molecule has 0 bridgehead atoms. The SMILES string of the molecule is CCOc1cc(-c2cc(NCCc3c(F)cccc3OC)ncn2)sc1C(=O)O. The molecule has 2 N–H and O–H groups in total. The molecule has 0 saturated heterocycles. The minimum Gasteiger partial charge on any atom is -0.496 e. The van der Waals surface area contributed by atoms with Crippen molar-refractivity contribution in [2.75, 3.05) is 25.6 Å². The van der Waals surface area contributed by atoms with E-state index in [1.807, 2.05) is 0 Å². The first-order chi connectivity index (χ1) is 14.0. The molecular formula is C20H20FN3O4S. The number of carboxylic acid groups (broad SMARTS) is 1. The van der Waals surface area contributed by atoms with Crippen molar-refractivity contribution in [3.63, 3.8) is 0 Å². The van der Waals surface area contributed by atoms with Gasteiger partial charge in [0.15, 0.2) is 4.88 Å². The van der Waals surface area contributed by atoms with Gasteiger partial charge >= 0.3 is 5.97 Å². The summed E-state index contributed by atoms with van der Waals surface area (Å²) in [6, 6.07) is 8.09. The second-order valence-corrected chi connectivity index (χ2v) is 6.98. The van der Waals surface area contributed by atoms with Gasteiger partial charge in [-0.2, -0.15) is 0 Å². The maximum atomic E-state index is 14.0. The average molecular weight is 417 g/mol. The van der Waals surface area contributed by atoms with E-state index in [-0.39, 0.29) is 10.7 Å². The number of halogens is 1. The number of carboxylic acids is 1. The van der Waals surface area contributed by atoms with Crippen LogP contribution >= 0.6 is 11.3 Å². The molecule has 0 saturated carbocycles. The number of nitrogens with one attached hydrogen (secondary N) is 1. The molecule has 2 aromatic heterocycles. The van der Waals surface area contributed by atoms with Gasteiger partial charge in [0.2, 0.25) is 0 Å². The average Bonchev–Trinajstić information content (AvgIpc) is 3.14. The van der Waals surface area contributed by atoms with Crippen LogP contribution in [0.1, 0.15) is 22.2 Å². The fourth-order valence-corrected chi connectivity index (χ4v) is 3.70. The Morgan fingerprint density at radius 1 is 1.28 bits per heavy atom. The van der Waals surface area contributed by atoms with Gasteiger partial charge in [-0.3, -0.25) is 0 Å². The zero-order chi connectivity index (χ0) is 20.8. The summed E-state index contributed by atoms with van der Waals surface area (Å²) in [6.07, 6.45) is 1.80. The number of thiophene rings is 1. The number of benzene rings is 1. The summed E-state index contributed by atoms with van der Waals surface area (Å²) in [6.45, 7) is 2.59. The van der Waals surface area contributed by atoms with Crippen LogP contribution in [0, 0.1) is 5.82 Å². The Labute approximate surface area is 171 Å². The number of methoxy groups -OCH3 is 1. The lowest BCUT2D eigenvalue weighted by Gasteiger charge is -2.10. The molecule has 0 unspecified atom stereocenters. The van der Waals surface area contributed by atoms with Crippen LogP contribution in [0.4, 0.5) is 10.2 Å². The Morgan fingerprint density at radius 2 is 2.10 bits per heavy atom. The first-order valence-corrected chi connectivity index (χ1v) is 9.72. The first kappa shape index (κ1) is 20.5. The lowest BCUT2D eigenvalue weighted by molar-refractivity contribution is 0.0698. The molecule has 3 rings (SSSR count). The molecule has 0 aliphatic carbocycles. The van der Waals surface area contributed by atoms with E-state index in [1.54, 1.807) is 31.2 Å². The predicted octanol–water partition coefficient (Wildman–Crippen LogP) is 4.10. The zero-order valence-corrected chi connectivity index (χ0v) is 16.8. The van der Waals surface area contributed by atoms with Crippen LogP contribution in [-0.4, -0.2) is 41.3 Å². The number of ether oxygens (including phenoxy) is 2. The molecule has 9 heteroatoms. The van der Waals surface area contributed by atoms with E-state index in [9.17, 15) is 14.3 Å². The Balaban J connectivity index is 1.74. The maximum Gasteiger partial charge on any atom is 0.349 e. The lowest BCUT2D eigenvalue weighted by atomic mass is 10.1. The number of anilines is 1. The molecule has 152 valence electrons. The fraction of sp³-hybridized carbons (Fsp3) is 0.250. The van der Waals surface area contributed by atoms with E-state index in [2.05, 4.69) is 15.3 Å². The standard InChI is InChI=1S/C20H20FN3O4S/c1-3-28-16-10-17(29-19(16)20(25)26)14-9-18(24-11-23-14)22-8-7-12-13(21)5-4-6-15(12)27-2/h4-6,9-11H,3,7-8H2,1-2H3,(H,25,26)(H,22,23,24). The topological polar surface area (TPSA) is 93.6 Å². The molecule has 0 fully saturated rings. The van der Waals surface area contributed by atoms with Gasteiger partial charge in [0.25, 0.3) is 0 Å². The summed E-state index contributed by atoms with van der Waals surface area (Å²) < 4.78 is 24.6. The summed E-state index contributed by atoms with van der Waals surface area (Å²) in [5.74, 6) is 0.000399. The summed E-state index contributed by atoms with van der Waals surface area (Å²) in [5.41, 5.74) is 1.06. The Morgan fingerprint density at radius 3 is 2.83 bits per heavy atom. The third-order valence-electron chi connectivity index (χ3n) is 4.09. The van der Waals surface area contributed by atoms with Crippen molar-refractivity contribution in [3.05, 3.63) is 52.9 Å². The number of nitrogens with zero attached hydrogens (tertiary/aromatic N) is 2. The highest BCUT2D eigenvalue weighted by Crippen LogP contribution is 2.36. The summed E-state index contributed by atoms with van der Waals surface area (Å²) >= 11 is 1.09. The molecule has 0 radical (unpaired) electrons. The van der Waals surface area contributed by atoms with Crippen molar-refractivity contribution >= 4 is 23.1 Å². The maximum absolute atomic E-state index is 14.0. The quantitative estimate of drug-likeness (QED) is 0.541. The van der Waals surface area contributed by atoms with E-state index in [1.165, 1.54) is 19.5 Å². The highest BCUT2D eigenvalue weighted by atomic mass is 32.1. The molecule has 7 nitrogen and oxygen atoms in total. The van der Waals surface area contributed by atoms with Gasteiger partial charge in [0.05, 0.1) is 24.3 Å². The molecule has 0 spiro atoms. The number of hydrogen-bond donors (Lipinski definition) is 2. The summed E-state index contributed by atoms with van der Waals surface area (Å²) in [7, 11) is 1.51. The van der Waals surface area contributed by atoms with Crippen LogP contribution in [0.2, 0.25) is 0 Å². The Hall–Kier alpha value is -3.20. The van der Waals surface area contributed by atoms with Crippen LogP contribution in [0.25, 0.3) is 10.6 Å². The van der Waals surface area contributed by atoms with Gasteiger partial charge in [-0.1, -0.05) is 6.07 Å². The van der Waals surface area contributed by atoms with Gasteiger partial charge in [-0.15, -0.1) is 11.3 Å². The van der Waals surface area contributed by atoms with Crippen molar-refractivity contribution in [1.82, 2.24) is 9.97 Å². The summed E-state index contributed by atoms with van der Waals surface area (Å²) in [5, 5.41) is 12.5. The second kappa shape index (κ2) is 9.33. The number of aromatic carboxylic acids is 1. The molecular weight excluding hydrogens is 397 g/mol. The molecule has 0 aliphatic heterocycles. The normalized spacial score (nSPS) is 10.6. The third kappa shape index (κ3) is 4.80. The molecule has 0 atom stereocenters. The number of aromatic nitrogens is 2. The van der Waals surface area contributed by atoms with E-state index in [0.29, 0.717) is 53.0 Å². The molecule has 29 heavy (non-hydrogen) atoms. The van der Waals surface area contributed by atoms with Crippen molar-refractivity contribution < 1.29 is 23.8 Å². The van der Waals surface area contributed by atoms with Gasteiger partial charge in [0, 0.05) is 24.2 Å². The highest BCUT2D eigenvalue weighted by Gasteiger charge is 2.18. The highest BCUT2D eigenvalue weighted by molar-refractivity contribution is 7.17. The zero-order valence-electron chi connectivity index (χ0n) is 15.9. The van der Waals surface area contributed by atoms with Gasteiger partial charge in [-0.25, -0.2) is 19.2 Å². The van der Waals surface area contributed by atoms with Crippen LogP contribution in [0.5, 0.6) is 11.5 Å². The molecule has 0 aliphatic rings. The third-order valence-corrected chi connectivity index (χ3v) is 5.22. The Bertz CT molecular complexity index is 1010. The van der Waals surface area contributed by atoms with Crippen LogP contribution in [0.3, 0.4) is 0 Å². The smallest absolute Gasteiger partial charge is 0.349 e. The summed E-state index contributed by atoms with van der Waals surface area (Å²) in [4.78, 5) is 20.6. The van der Waals surface area contributed by atoms with Crippen molar-refractivity contribution in [3.8, 4) is 22.1 Å². The van der Waals surface area contributed by atoms with Gasteiger partial charge < -0.3 is 19.9 Å². The molecule has 3 aromatic rings. The number of rotatable bonds is 9. The molecule has 2 heterocycles. The minimum atomic E-state index is -1.05. The van der Waals surface area contributed by atoms with Crippen LogP contribution in [-0.2, 0) is 6.42 Å². The van der Waals surface area contributed by atoms with Gasteiger partial charge in [-0.05, 0) is 25.5 Å². The largest absolute Gasteiger partial charge is 0.496 e. The van der Waals surface area contributed by atoms with E-state index < -0.39 is 5.97 Å². The van der Waals surface area contributed by atoms with Crippen LogP contribution < -0.4 is 14.8 Å². The number of carbonyl (C=O) groups is 1. The molecule has 0 amide bonds. The van der Waals surface area contributed by atoms with Gasteiger partial charge in [0.1, 0.15) is 29.5 Å². The van der Waals surface area contributed by atoms with Crippen molar-refractivity contribution in [1.29, 1.82) is 0 Å². The second-order valence-electron chi connectivity index (χ2n) is 5.93. The Kier molecular flexibility index (Phi) is 6.61. The first-order valence-electron chi connectivity index (χ1n) is 8.91. The van der Waals surface area contributed by atoms with Crippen molar-refractivity contribution in [2.24, 2.45) is 0 Å². The van der Waals surface area contributed by atoms with E-state index in [0.717, 1.165) is 11.3 Å². The minimum absolute atomic E-state index is 0.126.